The number of alkyl halides is 2. The fourth-order valence-corrected chi connectivity index (χ4v) is 8.78. The second kappa shape index (κ2) is 9.50. The van der Waals surface area contributed by atoms with Crippen molar-refractivity contribution < 1.29 is 23.4 Å². The maximum atomic E-state index is 17.2. The predicted octanol–water partition coefficient (Wildman–Crippen LogP) is 5.58. The lowest BCUT2D eigenvalue weighted by Crippen LogP contribution is -2.84. The highest BCUT2D eigenvalue weighted by atomic mass is 19.3. The Kier molecular flexibility index (Phi) is 6.02. The van der Waals surface area contributed by atoms with Crippen LogP contribution in [0.3, 0.4) is 0 Å². The molecule has 2 aliphatic heterocycles. The summed E-state index contributed by atoms with van der Waals surface area (Å²) in [6.45, 7) is 1.20. The maximum absolute atomic E-state index is 17.2. The molecule has 3 fully saturated rings. The van der Waals surface area contributed by atoms with Crippen molar-refractivity contribution in [2.24, 2.45) is 5.92 Å². The first kappa shape index (κ1) is 26.6. The normalized spacial score (nSPS) is 32.4. The first-order valence-electron chi connectivity index (χ1n) is 15.4. The Balaban J connectivity index is 1.25. The van der Waals surface area contributed by atoms with Crippen LogP contribution in [0.25, 0.3) is 0 Å². The molecular weight excluding hydrogens is 534 g/mol. The molecule has 7 heteroatoms. The second-order valence-electron chi connectivity index (χ2n) is 13.3. The van der Waals surface area contributed by atoms with Crippen LogP contribution in [0, 0.1) is 5.92 Å². The zero-order chi connectivity index (χ0) is 28.7. The monoisotopic (exact) mass is 572 g/mol. The Labute approximate surface area is 246 Å². The number of nitrogens with zero attached hydrogens (tertiary/aromatic N) is 2. The van der Waals surface area contributed by atoms with E-state index < -0.39 is 23.0 Å². The Morgan fingerprint density at radius 2 is 1.69 bits per heavy atom. The minimum Gasteiger partial charge on any atom is -0.485 e. The van der Waals surface area contributed by atoms with Crippen LogP contribution in [-0.2, 0) is 25.0 Å². The molecule has 1 N–H and O–H groups in total. The van der Waals surface area contributed by atoms with Crippen molar-refractivity contribution in [2.75, 3.05) is 20.1 Å². The van der Waals surface area contributed by atoms with E-state index in [-0.39, 0.29) is 18.6 Å². The van der Waals surface area contributed by atoms with Gasteiger partial charge >= 0.3 is 0 Å². The molecule has 5 aliphatic rings. The Morgan fingerprint density at radius 3 is 2.40 bits per heavy atom. The lowest BCUT2D eigenvalue weighted by atomic mass is 9.46. The van der Waals surface area contributed by atoms with Gasteiger partial charge in [0.2, 0.25) is 0 Å². The number of ether oxygens (including phenoxy) is 2. The summed E-state index contributed by atoms with van der Waals surface area (Å²) in [5, 5.41) is 12.8. The lowest BCUT2D eigenvalue weighted by Gasteiger charge is -2.66. The molecule has 2 bridgehead atoms. The number of benzene rings is 3. The smallest absolute Gasteiger partial charge is 0.276 e. The van der Waals surface area contributed by atoms with Gasteiger partial charge in [-0.15, -0.1) is 0 Å². The van der Waals surface area contributed by atoms with Gasteiger partial charge in [0, 0.05) is 30.7 Å². The molecule has 0 amide bonds. The van der Waals surface area contributed by atoms with Gasteiger partial charge in [0.05, 0.1) is 12.1 Å². The third-order valence-electron chi connectivity index (χ3n) is 10.8. The summed E-state index contributed by atoms with van der Waals surface area (Å²) < 4.78 is 47.5. The number of rotatable bonds is 8. The van der Waals surface area contributed by atoms with Gasteiger partial charge in [0.15, 0.2) is 11.5 Å². The fraction of sp³-hybridized carbons (Fsp3) is 0.486. The number of hydrogen-bond donors (Lipinski definition) is 1. The molecule has 5 atom stereocenters. The van der Waals surface area contributed by atoms with Gasteiger partial charge in [-0.25, -0.2) is 8.78 Å². The van der Waals surface area contributed by atoms with Crippen LogP contribution in [0.15, 0.2) is 72.8 Å². The van der Waals surface area contributed by atoms with Crippen LogP contribution in [0.2, 0.25) is 0 Å². The summed E-state index contributed by atoms with van der Waals surface area (Å²) in [6, 6.07) is 23.1. The number of likely N-dealkylation sites (tertiary alicyclic amines) is 1. The van der Waals surface area contributed by atoms with Crippen molar-refractivity contribution in [1.82, 2.24) is 9.80 Å². The molecule has 5 nitrogen and oxygen atoms in total. The average molecular weight is 573 g/mol. The summed E-state index contributed by atoms with van der Waals surface area (Å²) in [5.74, 6) is -1.86. The van der Waals surface area contributed by atoms with Crippen molar-refractivity contribution >= 4 is 0 Å². The van der Waals surface area contributed by atoms with Crippen LogP contribution >= 0.6 is 0 Å². The highest BCUT2D eigenvalue weighted by Crippen LogP contribution is 2.70. The van der Waals surface area contributed by atoms with E-state index >= 15 is 8.78 Å². The van der Waals surface area contributed by atoms with Gasteiger partial charge in [-0.2, -0.15) is 0 Å². The molecule has 3 aromatic rings. The third-order valence-corrected chi connectivity index (χ3v) is 10.8. The van der Waals surface area contributed by atoms with Crippen LogP contribution < -0.4 is 9.47 Å². The molecule has 0 unspecified atom stereocenters. The van der Waals surface area contributed by atoms with Crippen LogP contribution in [-0.4, -0.2) is 64.8 Å². The summed E-state index contributed by atoms with van der Waals surface area (Å²) in [6.07, 6.45) is 2.70. The zero-order valence-corrected chi connectivity index (χ0v) is 24.0. The topological polar surface area (TPSA) is 45.2 Å². The number of piperidine rings is 1. The van der Waals surface area contributed by atoms with Gasteiger partial charge in [-0.1, -0.05) is 66.7 Å². The fourth-order valence-electron chi connectivity index (χ4n) is 8.78. The number of halogens is 2. The van der Waals surface area contributed by atoms with Gasteiger partial charge in [0.1, 0.15) is 18.1 Å². The van der Waals surface area contributed by atoms with Crippen molar-refractivity contribution in [1.29, 1.82) is 0 Å². The quantitative estimate of drug-likeness (QED) is 0.382. The highest BCUT2D eigenvalue weighted by Gasteiger charge is 2.83. The first-order valence-corrected chi connectivity index (χ1v) is 15.4. The van der Waals surface area contributed by atoms with E-state index in [0.29, 0.717) is 61.9 Å². The van der Waals surface area contributed by atoms with E-state index in [2.05, 4.69) is 17.0 Å². The van der Waals surface area contributed by atoms with Crippen molar-refractivity contribution in [3.05, 3.63) is 95.1 Å². The number of hydrogen-bond acceptors (Lipinski definition) is 5. The summed E-state index contributed by atoms with van der Waals surface area (Å²) in [4.78, 5) is 4.08. The van der Waals surface area contributed by atoms with Gasteiger partial charge in [-0.05, 0) is 67.8 Å². The van der Waals surface area contributed by atoms with Gasteiger partial charge in [0.25, 0.3) is 5.92 Å². The maximum Gasteiger partial charge on any atom is 0.276 e. The molecule has 3 aliphatic carbocycles. The lowest BCUT2D eigenvalue weighted by molar-refractivity contribution is -0.289. The van der Waals surface area contributed by atoms with Crippen LogP contribution in [0.4, 0.5) is 8.78 Å². The average Bonchev–Trinajstić information content (AvgIpc) is 3.71. The Hall–Kier alpha value is -3.00. The van der Waals surface area contributed by atoms with Crippen molar-refractivity contribution in [3.8, 4) is 11.5 Å². The van der Waals surface area contributed by atoms with Gasteiger partial charge < -0.3 is 14.6 Å². The molecular formula is C35H38F2N2O3. The van der Waals surface area contributed by atoms with Crippen LogP contribution in [0.1, 0.15) is 47.9 Å². The van der Waals surface area contributed by atoms with E-state index in [4.69, 9.17) is 9.47 Å². The summed E-state index contributed by atoms with van der Waals surface area (Å²) in [5.41, 5.74) is 0.0228. The molecule has 42 heavy (non-hydrogen) atoms. The zero-order valence-electron chi connectivity index (χ0n) is 24.0. The van der Waals surface area contributed by atoms with Crippen molar-refractivity contribution in [3.63, 3.8) is 0 Å². The van der Waals surface area contributed by atoms with E-state index in [1.807, 2.05) is 72.6 Å². The van der Waals surface area contributed by atoms with Crippen molar-refractivity contribution in [2.45, 2.75) is 80.4 Å². The largest absolute Gasteiger partial charge is 0.485 e. The highest BCUT2D eigenvalue weighted by molar-refractivity contribution is 5.64. The molecule has 2 heterocycles. The van der Waals surface area contributed by atoms with E-state index in [1.54, 1.807) is 0 Å². The predicted molar refractivity (Wildman–Crippen MR) is 156 cm³/mol. The Bertz CT molecular complexity index is 1480. The molecule has 3 aromatic carbocycles. The first-order chi connectivity index (χ1) is 20.3. The van der Waals surface area contributed by atoms with E-state index in [1.165, 1.54) is 0 Å². The third kappa shape index (κ3) is 3.76. The van der Waals surface area contributed by atoms with Crippen LogP contribution in [0.5, 0.6) is 11.5 Å². The molecule has 0 radical (unpaired) electrons. The van der Waals surface area contributed by atoms with E-state index in [0.717, 1.165) is 29.5 Å². The minimum atomic E-state index is -3.19. The molecule has 1 saturated heterocycles. The molecule has 8 rings (SSSR count). The summed E-state index contributed by atoms with van der Waals surface area (Å²) >= 11 is 0. The summed E-state index contributed by atoms with van der Waals surface area (Å²) in [7, 11) is 2.00. The standard InChI is InChI=1S/C35H38F2N2O3/c1-38(19-23-8-4-2-5-9-23)27-16-17-33(40)29-18-26-14-15-28(41-21-25-10-6-3-7-11-25)31-30(26)35(33,32(27)42-31)34(36,37)22-39(29)20-24-12-13-24/h2-11,14-15,24,27,29,32,40H,12-13,16-22H2,1H3/t27-,29-,32+,33-,35-/m1/s1. The number of aliphatic hydroxyl groups is 1. The molecule has 2 saturated carbocycles. The SMILES string of the molecule is CN(Cc1ccccc1)[C@@H]1CC[C@@]2(O)[C@H]3Cc4ccc(OCc5ccccc5)c5c4[C@]2([C@H]1O5)C(F)(F)CN3CC1CC1. The molecule has 0 aromatic heterocycles. The van der Waals surface area contributed by atoms with Gasteiger partial charge in [-0.3, -0.25) is 9.80 Å². The number of likely N-dealkylation sites (N-methyl/N-ethyl adjacent to an activating group) is 1. The second-order valence-corrected chi connectivity index (χ2v) is 13.3. The Morgan fingerprint density at radius 1 is 0.976 bits per heavy atom. The minimum absolute atomic E-state index is 0.299. The van der Waals surface area contributed by atoms with E-state index in [9.17, 15) is 5.11 Å². The molecule has 1 spiro atoms. The molecule has 220 valence electrons.